The van der Waals surface area contributed by atoms with E-state index in [2.05, 4.69) is 9.97 Å². The van der Waals surface area contributed by atoms with E-state index in [1.165, 1.54) is 12.1 Å². The zero-order chi connectivity index (χ0) is 17.3. The predicted molar refractivity (Wildman–Crippen MR) is 87.5 cm³/mol. The van der Waals surface area contributed by atoms with Crippen LogP contribution in [0.2, 0.25) is 0 Å². The molecule has 0 amide bonds. The van der Waals surface area contributed by atoms with Crippen molar-refractivity contribution >= 4 is 10.9 Å². The van der Waals surface area contributed by atoms with Crippen molar-refractivity contribution in [1.29, 1.82) is 0 Å². The highest BCUT2D eigenvalue weighted by atomic mass is 19.1. The summed E-state index contributed by atoms with van der Waals surface area (Å²) in [5, 5.41) is 2.41. The Hall–Kier alpha value is -2.60. The largest absolute Gasteiger partial charge is 0.332 e. The monoisotopic (exact) mass is 330 g/mol. The van der Waals surface area contributed by atoms with Gasteiger partial charge in [0.1, 0.15) is 23.7 Å². The molecule has 2 aromatic carbocycles. The van der Waals surface area contributed by atoms with E-state index in [0.29, 0.717) is 22.3 Å². The zero-order valence-corrected chi connectivity index (χ0v) is 13.4. The molecular weight excluding hydrogens is 312 g/mol. The Morgan fingerprint density at radius 3 is 2.58 bits per heavy atom. The number of benzene rings is 2. The van der Waals surface area contributed by atoms with E-state index in [4.69, 9.17) is 0 Å². The van der Waals surface area contributed by atoms with Gasteiger partial charge in [-0.15, -0.1) is 0 Å². The number of nitrogens with two attached hydrogens (primary N) is 1. The molecule has 0 aliphatic carbocycles. The summed E-state index contributed by atoms with van der Waals surface area (Å²) in [5.74, 6) is -0.656. The molecule has 1 aromatic heterocycles. The van der Waals surface area contributed by atoms with Crippen LogP contribution in [0.15, 0.2) is 47.3 Å². The number of fused-ring (bicyclic) bond motifs is 1. The first kappa shape index (κ1) is 16.3. The third kappa shape index (κ3) is 3.19. The first-order valence-corrected chi connectivity index (χ1v) is 7.74. The molecule has 24 heavy (non-hydrogen) atoms. The van der Waals surface area contributed by atoms with E-state index in [1.807, 2.05) is 25.2 Å². The molecule has 6 heteroatoms. The van der Waals surface area contributed by atoms with E-state index in [9.17, 15) is 13.6 Å². The molecule has 0 saturated heterocycles. The summed E-state index contributed by atoms with van der Waals surface area (Å²) in [5.41, 5.74) is 0.833. The number of para-hydroxylation sites is 1. The normalized spacial score (nSPS) is 13.8. The van der Waals surface area contributed by atoms with Gasteiger partial charge in [-0.3, -0.25) is 4.79 Å². The topological polar surface area (TPSA) is 62.4 Å². The molecule has 124 valence electrons. The third-order valence-electron chi connectivity index (χ3n) is 4.09. The van der Waals surface area contributed by atoms with Gasteiger partial charge >= 0.3 is 0 Å². The summed E-state index contributed by atoms with van der Waals surface area (Å²) in [6.07, 6.45) is 0. The van der Waals surface area contributed by atoms with E-state index in [1.54, 1.807) is 18.2 Å². The molecule has 0 fully saturated rings. The second kappa shape index (κ2) is 6.49. The number of nitrogens with one attached hydrogen (secondary N) is 1. The lowest BCUT2D eigenvalue weighted by atomic mass is 10.1. The molecule has 3 N–H and O–H groups in total. The molecule has 2 atom stereocenters. The Bertz CT molecular complexity index is 939. The zero-order valence-electron chi connectivity index (χ0n) is 13.4. The van der Waals surface area contributed by atoms with Crippen molar-refractivity contribution in [3.05, 3.63) is 75.8 Å². The van der Waals surface area contributed by atoms with Crippen molar-refractivity contribution in [3.63, 3.8) is 0 Å². The summed E-state index contributed by atoms with van der Waals surface area (Å²) in [6.45, 7) is 3.71. The van der Waals surface area contributed by atoms with E-state index in [-0.39, 0.29) is 17.6 Å². The lowest BCUT2D eigenvalue weighted by molar-refractivity contribution is -0.729. The first-order valence-electron chi connectivity index (χ1n) is 7.74. The molecule has 1 heterocycles. The molecule has 0 aliphatic heterocycles. The summed E-state index contributed by atoms with van der Waals surface area (Å²) < 4.78 is 26.9. The van der Waals surface area contributed by atoms with Crippen LogP contribution in [-0.4, -0.2) is 9.97 Å². The summed E-state index contributed by atoms with van der Waals surface area (Å²) in [6, 6.07) is 10.2. The molecule has 0 spiro atoms. The lowest BCUT2D eigenvalue weighted by Gasteiger charge is -2.17. The number of nitrogens with zero attached hydrogens (tertiary/aromatic N) is 1. The Morgan fingerprint density at radius 2 is 1.83 bits per heavy atom. The second-order valence-corrected chi connectivity index (χ2v) is 5.90. The fraction of sp³-hybridized carbons (Fsp3) is 0.222. The first-order chi connectivity index (χ1) is 11.5. The maximum absolute atomic E-state index is 13.9. The van der Waals surface area contributed by atoms with Gasteiger partial charge in [0.2, 0.25) is 0 Å². The number of aromatic nitrogens is 2. The van der Waals surface area contributed by atoms with E-state index < -0.39 is 11.6 Å². The third-order valence-corrected chi connectivity index (χ3v) is 4.09. The maximum atomic E-state index is 13.9. The van der Waals surface area contributed by atoms with Gasteiger partial charge in [0.15, 0.2) is 5.82 Å². The van der Waals surface area contributed by atoms with Crippen LogP contribution in [0.3, 0.4) is 0 Å². The van der Waals surface area contributed by atoms with Crippen LogP contribution < -0.4 is 10.9 Å². The number of quaternary nitrogens is 1. The number of H-pyrrole nitrogens is 1. The van der Waals surface area contributed by atoms with Crippen molar-refractivity contribution in [2.24, 2.45) is 0 Å². The Kier molecular flexibility index (Phi) is 4.40. The average Bonchev–Trinajstić information content (AvgIpc) is 2.54. The smallest absolute Gasteiger partial charge is 0.258 e. The number of rotatable bonds is 4. The average molecular weight is 330 g/mol. The Labute approximate surface area is 137 Å². The maximum Gasteiger partial charge on any atom is 0.258 e. The molecule has 4 nitrogen and oxygen atoms in total. The van der Waals surface area contributed by atoms with Crippen molar-refractivity contribution in [2.75, 3.05) is 0 Å². The van der Waals surface area contributed by atoms with Gasteiger partial charge in [-0.2, -0.15) is 0 Å². The van der Waals surface area contributed by atoms with Crippen LogP contribution in [0, 0.1) is 11.6 Å². The molecule has 3 aromatic rings. The highest BCUT2D eigenvalue weighted by Crippen LogP contribution is 2.16. The van der Waals surface area contributed by atoms with Gasteiger partial charge < -0.3 is 10.3 Å². The van der Waals surface area contributed by atoms with E-state index in [0.717, 1.165) is 6.07 Å². The van der Waals surface area contributed by atoms with Crippen molar-refractivity contribution in [2.45, 2.75) is 25.9 Å². The van der Waals surface area contributed by atoms with Gasteiger partial charge in [0.25, 0.3) is 5.56 Å². The van der Waals surface area contributed by atoms with Gasteiger partial charge in [0, 0.05) is 11.6 Å². The second-order valence-electron chi connectivity index (χ2n) is 5.90. The quantitative estimate of drug-likeness (QED) is 0.772. The van der Waals surface area contributed by atoms with Crippen LogP contribution in [0.5, 0.6) is 0 Å². The van der Waals surface area contributed by atoms with Crippen molar-refractivity contribution in [1.82, 2.24) is 9.97 Å². The minimum absolute atomic E-state index is 0.193. The summed E-state index contributed by atoms with van der Waals surface area (Å²) >= 11 is 0. The fourth-order valence-electron chi connectivity index (χ4n) is 2.82. The number of hydrogen-bond acceptors (Lipinski definition) is 2. The van der Waals surface area contributed by atoms with Crippen LogP contribution >= 0.6 is 0 Å². The predicted octanol–water partition coefficient (Wildman–Crippen LogP) is 2.59. The highest BCUT2D eigenvalue weighted by Gasteiger charge is 2.20. The fourth-order valence-corrected chi connectivity index (χ4v) is 2.82. The number of halogens is 2. The number of hydrogen-bond donors (Lipinski definition) is 2. The molecule has 0 bridgehead atoms. The minimum Gasteiger partial charge on any atom is -0.332 e. The van der Waals surface area contributed by atoms with Crippen LogP contribution in [0.4, 0.5) is 8.78 Å². The highest BCUT2D eigenvalue weighted by molar-refractivity contribution is 5.77. The summed E-state index contributed by atoms with van der Waals surface area (Å²) in [7, 11) is 0. The number of aromatic amines is 1. The SMILES string of the molecule is C[C@H]([NH2+][C@H](C)c1nc2ccccc2c(=O)[nH]1)c1ccc(F)cc1F. The lowest BCUT2D eigenvalue weighted by Crippen LogP contribution is -2.85. The molecule has 0 unspecified atom stereocenters. The van der Waals surface area contributed by atoms with Crippen molar-refractivity contribution < 1.29 is 14.1 Å². The molecule has 0 saturated carbocycles. The van der Waals surface area contributed by atoms with Gasteiger partial charge in [0.05, 0.1) is 10.9 Å². The van der Waals surface area contributed by atoms with Gasteiger partial charge in [-0.25, -0.2) is 13.8 Å². The molecule has 0 aliphatic rings. The van der Waals surface area contributed by atoms with Crippen LogP contribution in [-0.2, 0) is 0 Å². The molecule has 3 rings (SSSR count). The van der Waals surface area contributed by atoms with Gasteiger partial charge in [-0.1, -0.05) is 12.1 Å². The van der Waals surface area contributed by atoms with Crippen LogP contribution in [0.25, 0.3) is 10.9 Å². The van der Waals surface area contributed by atoms with Crippen molar-refractivity contribution in [3.8, 4) is 0 Å². The van der Waals surface area contributed by atoms with E-state index >= 15 is 0 Å². The van der Waals surface area contributed by atoms with Crippen LogP contribution in [0.1, 0.15) is 37.3 Å². The minimum atomic E-state index is -0.600. The molecule has 0 radical (unpaired) electrons. The summed E-state index contributed by atoms with van der Waals surface area (Å²) in [4.78, 5) is 19.4. The Balaban J connectivity index is 1.86. The van der Waals surface area contributed by atoms with Gasteiger partial charge in [-0.05, 0) is 38.1 Å². The molecular formula is C18H18F2N3O+. The Morgan fingerprint density at radius 1 is 1.08 bits per heavy atom. The standard InChI is InChI=1S/C18H17F2N3O/c1-10(13-8-7-12(19)9-15(13)20)21-11(2)17-22-16-6-4-3-5-14(16)18(24)23-17/h3-11,21H,1-2H3,(H,22,23,24)/p+1/t10-,11+/m0/s1.